The fourth-order valence-electron chi connectivity index (χ4n) is 2.38. The number of ether oxygens (including phenoxy) is 2. The monoisotopic (exact) mass is 364 g/mol. The van der Waals surface area contributed by atoms with Gasteiger partial charge in [0.25, 0.3) is 5.91 Å². The predicted octanol–water partition coefficient (Wildman–Crippen LogP) is 0.913. The number of rotatable bonds is 7. The van der Waals surface area contributed by atoms with Gasteiger partial charge in [-0.3, -0.25) is 9.35 Å². The average molecular weight is 364 g/mol. The second kappa shape index (κ2) is 8.58. The summed E-state index contributed by atoms with van der Waals surface area (Å²) in [6.45, 7) is 0.556. The Kier molecular flexibility index (Phi) is 6.75. The van der Waals surface area contributed by atoms with Gasteiger partial charge in [0.15, 0.2) is 6.10 Å². The highest BCUT2D eigenvalue weighted by atomic mass is 32.2. The van der Waals surface area contributed by atoms with E-state index in [2.05, 4.69) is 4.72 Å². The van der Waals surface area contributed by atoms with Crippen LogP contribution in [0, 0.1) is 11.6 Å². The fourth-order valence-corrected chi connectivity index (χ4v) is 2.66. The zero-order chi connectivity index (χ0) is 17.7. The van der Waals surface area contributed by atoms with Crippen LogP contribution < -0.4 is 10.5 Å². The van der Waals surface area contributed by atoms with Crippen LogP contribution in [0.3, 0.4) is 0 Å². The van der Waals surface area contributed by atoms with Crippen molar-refractivity contribution in [2.24, 2.45) is 5.73 Å². The quantitative estimate of drug-likeness (QED) is 0.623. The van der Waals surface area contributed by atoms with Gasteiger partial charge in [0.2, 0.25) is 11.3 Å². The maximum absolute atomic E-state index is 14.3. The van der Waals surface area contributed by atoms with Crippen molar-refractivity contribution in [1.82, 2.24) is 4.72 Å². The molecule has 24 heavy (non-hydrogen) atoms. The zero-order valence-corrected chi connectivity index (χ0v) is 13.5. The maximum Gasteiger partial charge on any atom is 0.251 e. The fraction of sp³-hybridized carbons (Fsp3) is 0.500. The highest BCUT2D eigenvalue weighted by Crippen LogP contribution is 2.27. The molecule has 1 aliphatic heterocycles. The van der Waals surface area contributed by atoms with E-state index in [9.17, 15) is 17.8 Å². The highest BCUT2D eigenvalue weighted by Gasteiger charge is 2.28. The smallest absolute Gasteiger partial charge is 0.251 e. The van der Waals surface area contributed by atoms with Crippen molar-refractivity contribution in [2.45, 2.75) is 31.6 Å². The van der Waals surface area contributed by atoms with Crippen molar-refractivity contribution in [3.8, 4) is 0 Å². The summed E-state index contributed by atoms with van der Waals surface area (Å²) < 4.78 is 60.3. The molecule has 1 amide bonds. The number of carbonyl (C=O) groups excluding carboxylic acids is 1. The number of hydrogen-bond donors (Lipinski definition) is 3. The molecule has 0 spiro atoms. The minimum atomic E-state index is -2.36. The van der Waals surface area contributed by atoms with Gasteiger partial charge >= 0.3 is 0 Å². The molecule has 1 unspecified atom stereocenters. The summed E-state index contributed by atoms with van der Waals surface area (Å²) in [7, 11) is 0. The molecule has 10 heteroatoms. The number of nitrogens with one attached hydrogen (secondary N) is 1. The van der Waals surface area contributed by atoms with Crippen LogP contribution in [0.25, 0.3) is 0 Å². The number of primary amides is 1. The molecule has 0 aliphatic carbocycles. The third-order valence-electron chi connectivity index (χ3n) is 3.59. The first kappa shape index (κ1) is 18.9. The molecule has 134 valence electrons. The summed E-state index contributed by atoms with van der Waals surface area (Å²) in [6.07, 6.45) is -0.704. The summed E-state index contributed by atoms with van der Waals surface area (Å²) in [5.74, 6) is -2.65. The van der Waals surface area contributed by atoms with E-state index in [1.165, 1.54) is 0 Å². The average Bonchev–Trinajstić information content (AvgIpc) is 2.54. The number of amides is 1. The molecule has 0 bridgehead atoms. The standard InChI is InChI=1S/C14H18F2N2O5S/c15-11-6-10(12(16)5-8(11)7-18-24(20)21)13(14(17)19)23-9-1-3-22-4-2-9/h5-6,9,13,18H,1-4,7H2,(H2,17,19)(H,20,21)/t13-/m1/s1. The number of carbonyl (C=O) groups is 1. The van der Waals surface area contributed by atoms with Gasteiger partial charge in [-0.2, -0.15) is 0 Å². The lowest BCUT2D eigenvalue weighted by atomic mass is 10.0. The molecule has 0 aromatic heterocycles. The number of halogens is 2. The predicted molar refractivity (Wildman–Crippen MR) is 80.8 cm³/mol. The Morgan fingerprint density at radius 2 is 2.08 bits per heavy atom. The van der Waals surface area contributed by atoms with Crippen LogP contribution in [-0.4, -0.2) is 34.0 Å². The van der Waals surface area contributed by atoms with Crippen molar-refractivity contribution in [3.63, 3.8) is 0 Å². The molecule has 0 radical (unpaired) electrons. The minimum Gasteiger partial charge on any atom is -0.381 e. The molecule has 1 heterocycles. The Labute approximate surface area is 139 Å². The summed E-state index contributed by atoms with van der Waals surface area (Å²) >= 11 is -2.36. The van der Waals surface area contributed by atoms with E-state index in [-0.39, 0.29) is 23.8 Å². The van der Waals surface area contributed by atoms with Gasteiger partial charge < -0.3 is 15.2 Å². The lowest BCUT2D eigenvalue weighted by Gasteiger charge is -2.26. The number of benzene rings is 1. The number of hydrogen-bond acceptors (Lipinski definition) is 4. The van der Waals surface area contributed by atoms with Crippen molar-refractivity contribution in [3.05, 3.63) is 34.9 Å². The van der Waals surface area contributed by atoms with Crippen molar-refractivity contribution >= 4 is 17.2 Å². The van der Waals surface area contributed by atoms with Crippen molar-refractivity contribution in [2.75, 3.05) is 13.2 Å². The highest BCUT2D eigenvalue weighted by molar-refractivity contribution is 7.77. The zero-order valence-electron chi connectivity index (χ0n) is 12.7. The molecule has 4 N–H and O–H groups in total. The van der Waals surface area contributed by atoms with Crippen LogP contribution in [0.15, 0.2) is 12.1 Å². The van der Waals surface area contributed by atoms with Crippen LogP contribution in [-0.2, 0) is 32.1 Å². The molecule has 1 aliphatic rings. The second-order valence-corrected chi connectivity index (χ2v) is 6.05. The molecular formula is C14H18F2N2O5S. The topological polar surface area (TPSA) is 111 Å². The third-order valence-corrected chi connectivity index (χ3v) is 3.98. The van der Waals surface area contributed by atoms with Crippen molar-refractivity contribution in [1.29, 1.82) is 0 Å². The molecule has 0 saturated carbocycles. The van der Waals surface area contributed by atoms with Crippen LogP contribution in [0.4, 0.5) is 8.78 Å². The summed E-state index contributed by atoms with van der Waals surface area (Å²) in [5.41, 5.74) is 4.81. The Bertz CT molecular complexity index is 625. The van der Waals surface area contributed by atoms with E-state index in [1.54, 1.807) is 0 Å². The van der Waals surface area contributed by atoms with E-state index in [1.807, 2.05) is 0 Å². The SMILES string of the molecule is NC(=O)[C@H](OC1CCOCC1)c1cc(F)c(CNS(=O)O)cc1F. The lowest BCUT2D eigenvalue weighted by Crippen LogP contribution is -2.32. The van der Waals surface area contributed by atoms with Gasteiger partial charge in [-0.05, 0) is 25.0 Å². The maximum atomic E-state index is 14.3. The van der Waals surface area contributed by atoms with Gasteiger partial charge in [-0.1, -0.05) is 0 Å². The Hall–Kier alpha value is -1.46. The first-order valence-electron chi connectivity index (χ1n) is 7.23. The Morgan fingerprint density at radius 1 is 1.42 bits per heavy atom. The first-order valence-corrected chi connectivity index (χ1v) is 8.34. The van der Waals surface area contributed by atoms with Crippen LogP contribution in [0.2, 0.25) is 0 Å². The molecule has 1 aromatic rings. The van der Waals surface area contributed by atoms with Crippen molar-refractivity contribution < 1.29 is 31.8 Å². The van der Waals surface area contributed by atoms with Crippen LogP contribution in [0.5, 0.6) is 0 Å². The van der Waals surface area contributed by atoms with E-state index >= 15 is 0 Å². The lowest BCUT2D eigenvalue weighted by molar-refractivity contribution is -0.138. The largest absolute Gasteiger partial charge is 0.381 e. The van der Waals surface area contributed by atoms with E-state index in [0.717, 1.165) is 12.1 Å². The third kappa shape index (κ3) is 5.02. The summed E-state index contributed by atoms with van der Waals surface area (Å²) in [6, 6.07) is 1.66. The molecular weight excluding hydrogens is 346 g/mol. The Balaban J connectivity index is 2.21. The van der Waals surface area contributed by atoms with Gasteiger partial charge in [-0.15, -0.1) is 0 Å². The molecule has 7 nitrogen and oxygen atoms in total. The van der Waals surface area contributed by atoms with Gasteiger partial charge in [0.1, 0.15) is 11.6 Å². The molecule has 2 atom stereocenters. The molecule has 1 aromatic carbocycles. The van der Waals surface area contributed by atoms with Gasteiger partial charge in [-0.25, -0.2) is 17.7 Å². The van der Waals surface area contributed by atoms with Gasteiger partial charge in [0, 0.05) is 30.9 Å². The Morgan fingerprint density at radius 3 is 2.67 bits per heavy atom. The van der Waals surface area contributed by atoms with E-state index in [4.69, 9.17) is 19.8 Å². The number of nitrogens with two attached hydrogens (primary N) is 1. The molecule has 1 saturated heterocycles. The van der Waals surface area contributed by atoms with Crippen LogP contribution >= 0.6 is 0 Å². The first-order chi connectivity index (χ1) is 11.4. The van der Waals surface area contributed by atoms with E-state index < -0.39 is 34.9 Å². The molecule has 2 rings (SSSR count). The summed E-state index contributed by atoms with van der Waals surface area (Å²) in [4.78, 5) is 11.6. The van der Waals surface area contributed by atoms with Gasteiger partial charge in [0.05, 0.1) is 6.10 Å². The minimum absolute atomic E-state index is 0.159. The second-order valence-electron chi connectivity index (χ2n) is 5.27. The normalized spacial score (nSPS) is 18.3. The molecule has 1 fully saturated rings. The van der Waals surface area contributed by atoms with E-state index in [0.29, 0.717) is 26.1 Å². The summed E-state index contributed by atoms with van der Waals surface area (Å²) in [5, 5.41) is 0. The van der Waals surface area contributed by atoms with Crippen LogP contribution in [0.1, 0.15) is 30.1 Å².